The van der Waals surface area contributed by atoms with Gasteiger partial charge in [-0.25, -0.2) is 9.59 Å². The van der Waals surface area contributed by atoms with Gasteiger partial charge >= 0.3 is 12.1 Å². The van der Waals surface area contributed by atoms with Gasteiger partial charge in [0.25, 0.3) is 0 Å². The summed E-state index contributed by atoms with van der Waals surface area (Å²) in [7, 11) is 0. The number of fused-ring (bicyclic) bond motifs is 3. The molecule has 0 spiro atoms. The van der Waals surface area contributed by atoms with E-state index in [2.05, 4.69) is 34.9 Å². The number of aliphatic carboxylic acids is 1. The Morgan fingerprint density at radius 2 is 1.61 bits per heavy atom. The fourth-order valence-corrected chi connectivity index (χ4v) is 4.04. The fourth-order valence-electron chi connectivity index (χ4n) is 4.04. The van der Waals surface area contributed by atoms with Gasteiger partial charge in [-0.05, 0) is 41.0 Å². The van der Waals surface area contributed by atoms with Crippen molar-refractivity contribution in [3.8, 4) is 11.1 Å². The zero-order chi connectivity index (χ0) is 23.8. The second-order valence-electron chi connectivity index (χ2n) is 8.33. The first-order valence-electron chi connectivity index (χ1n) is 11.1. The van der Waals surface area contributed by atoms with Gasteiger partial charge in [-0.3, -0.25) is 4.79 Å². The van der Waals surface area contributed by atoms with Gasteiger partial charge in [0.15, 0.2) is 0 Å². The first-order chi connectivity index (χ1) is 15.9. The standard InChI is InChI=1S/C25H30N2O6/c1-16(10-11-23(29)27-22(14-28)24(30)31)12-13-26-25(32)33-15-21-19-8-4-2-6-17(19)18-7-3-5-9-20(18)21/h2-9,16,21-22,28H,10-15H2,1H3,(H,26,32)(H,27,29)(H,30,31). The molecule has 33 heavy (non-hydrogen) atoms. The summed E-state index contributed by atoms with van der Waals surface area (Å²) in [5.41, 5.74) is 4.66. The SMILES string of the molecule is CC(CCNC(=O)OCC1c2ccccc2-c2ccccc21)CCC(=O)NC(CO)C(=O)O. The van der Waals surface area contributed by atoms with Crippen molar-refractivity contribution in [2.75, 3.05) is 19.8 Å². The molecule has 0 heterocycles. The molecule has 2 unspecified atom stereocenters. The van der Waals surface area contributed by atoms with Crippen LogP contribution in [-0.2, 0) is 14.3 Å². The highest BCUT2D eigenvalue weighted by Crippen LogP contribution is 2.44. The number of hydrogen-bond donors (Lipinski definition) is 4. The molecule has 2 amide bonds. The molecule has 2 atom stereocenters. The first-order valence-corrected chi connectivity index (χ1v) is 11.1. The van der Waals surface area contributed by atoms with Gasteiger partial charge in [-0.2, -0.15) is 0 Å². The minimum Gasteiger partial charge on any atom is -0.480 e. The number of alkyl carbamates (subject to hydrolysis) is 1. The second kappa shape index (κ2) is 11.5. The number of aliphatic hydroxyl groups excluding tert-OH is 1. The normalized spacial score (nSPS) is 14.0. The number of carbonyl (C=O) groups is 3. The Morgan fingerprint density at radius 1 is 1.00 bits per heavy atom. The van der Waals surface area contributed by atoms with E-state index in [4.69, 9.17) is 14.9 Å². The lowest BCUT2D eigenvalue weighted by atomic mass is 9.98. The number of benzene rings is 2. The van der Waals surface area contributed by atoms with E-state index in [1.54, 1.807) is 0 Å². The van der Waals surface area contributed by atoms with Gasteiger partial charge < -0.3 is 25.6 Å². The first kappa shape index (κ1) is 24.3. The molecule has 0 aromatic heterocycles. The quantitative estimate of drug-likeness (QED) is 0.414. The third-order valence-electron chi connectivity index (χ3n) is 5.93. The number of ether oxygens (including phenoxy) is 1. The lowest BCUT2D eigenvalue weighted by Gasteiger charge is -2.16. The molecule has 2 aromatic carbocycles. The molecule has 3 rings (SSSR count). The van der Waals surface area contributed by atoms with Crippen molar-refractivity contribution in [2.24, 2.45) is 5.92 Å². The lowest BCUT2D eigenvalue weighted by molar-refractivity contribution is -0.143. The van der Waals surface area contributed by atoms with E-state index in [1.807, 2.05) is 31.2 Å². The molecular formula is C25H30N2O6. The van der Waals surface area contributed by atoms with Crippen LogP contribution >= 0.6 is 0 Å². The Labute approximate surface area is 193 Å². The summed E-state index contributed by atoms with van der Waals surface area (Å²) >= 11 is 0. The fraction of sp³-hybridized carbons (Fsp3) is 0.400. The smallest absolute Gasteiger partial charge is 0.407 e. The molecule has 0 radical (unpaired) electrons. The predicted octanol–water partition coefficient (Wildman–Crippen LogP) is 2.89. The maximum atomic E-state index is 12.2. The Bertz CT molecular complexity index is 947. The van der Waals surface area contributed by atoms with Gasteiger partial charge in [-0.15, -0.1) is 0 Å². The highest BCUT2D eigenvalue weighted by atomic mass is 16.5. The highest BCUT2D eigenvalue weighted by molar-refractivity contribution is 5.83. The third-order valence-corrected chi connectivity index (χ3v) is 5.93. The summed E-state index contributed by atoms with van der Waals surface area (Å²) in [5, 5.41) is 22.8. The van der Waals surface area contributed by atoms with Crippen LogP contribution in [0.5, 0.6) is 0 Å². The van der Waals surface area contributed by atoms with Crippen LogP contribution in [-0.4, -0.2) is 54.0 Å². The average molecular weight is 455 g/mol. The number of rotatable bonds is 11. The summed E-state index contributed by atoms with van der Waals surface area (Å²) in [6.07, 6.45) is 0.861. The van der Waals surface area contributed by atoms with Crippen LogP contribution in [0.4, 0.5) is 4.79 Å². The van der Waals surface area contributed by atoms with Crippen LogP contribution in [0.3, 0.4) is 0 Å². The molecule has 1 aliphatic rings. The van der Waals surface area contributed by atoms with E-state index < -0.39 is 30.6 Å². The van der Waals surface area contributed by atoms with Crippen LogP contribution in [0.2, 0.25) is 0 Å². The van der Waals surface area contributed by atoms with Crippen LogP contribution in [0.25, 0.3) is 11.1 Å². The van der Waals surface area contributed by atoms with Gasteiger partial charge in [0.1, 0.15) is 12.6 Å². The topological polar surface area (TPSA) is 125 Å². The van der Waals surface area contributed by atoms with Gasteiger partial charge in [0.2, 0.25) is 5.91 Å². The molecule has 8 nitrogen and oxygen atoms in total. The molecule has 176 valence electrons. The largest absolute Gasteiger partial charge is 0.480 e. The van der Waals surface area contributed by atoms with E-state index in [0.717, 1.165) is 11.1 Å². The number of aliphatic hydroxyl groups is 1. The van der Waals surface area contributed by atoms with E-state index in [-0.39, 0.29) is 24.9 Å². The van der Waals surface area contributed by atoms with Crippen molar-refractivity contribution in [1.82, 2.24) is 10.6 Å². The Kier molecular flexibility index (Phi) is 8.43. The average Bonchev–Trinajstić information content (AvgIpc) is 3.13. The van der Waals surface area contributed by atoms with Crippen LogP contribution in [0.15, 0.2) is 48.5 Å². The summed E-state index contributed by atoms with van der Waals surface area (Å²) in [6, 6.07) is 15.0. The van der Waals surface area contributed by atoms with Gasteiger partial charge in [0.05, 0.1) is 6.61 Å². The number of carboxylic acids is 1. The summed E-state index contributed by atoms with van der Waals surface area (Å²) < 4.78 is 5.50. The monoisotopic (exact) mass is 454 g/mol. The van der Waals surface area contributed by atoms with Gasteiger partial charge in [0, 0.05) is 18.9 Å². The number of nitrogens with one attached hydrogen (secondary N) is 2. The highest BCUT2D eigenvalue weighted by Gasteiger charge is 2.29. The van der Waals surface area contributed by atoms with Crippen LogP contribution in [0, 0.1) is 5.92 Å². The Balaban J connectivity index is 1.38. The Morgan fingerprint density at radius 3 is 2.18 bits per heavy atom. The number of amides is 2. The van der Waals surface area contributed by atoms with Crippen molar-refractivity contribution in [3.63, 3.8) is 0 Å². The van der Waals surface area contributed by atoms with Crippen LogP contribution < -0.4 is 10.6 Å². The summed E-state index contributed by atoms with van der Waals surface area (Å²) in [5.74, 6) is -1.55. The molecule has 0 fully saturated rings. The second-order valence-corrected chi connectivity index (χ2v) is 8.33. The van der Waals surface area contributed by atoms with Crippen molar-refractivity contribution >= 4 is 18.0 Å². The molecule has 0 saturated carbocycles. The van der Waals surface area contributed by atoms with E-state index >= 15 is 0 Å². The number of carboxylic acid groups (broad SMARTS) is 1. The summed E-state index contributed by atoms with van der Waals surface area (Å²) in [6.45, 7) is 1.97. The zero-order valence-corrected chi connectivity index (χ0v) is 18.6. The zero-order valence-electron chi connectivity index (χ0n) is 18.6. The van der Waals surface area contributed by atoms with E-state index in [1.165, 1.54) is 11.1 Å². The molecule has 1 aliphatic carbocycles. The van der Waals surface area contributed by atoms with Crippen molar-refractivity contribution in [1.29, 1.82) is 0 Å². The minimum absolute atomic E-state index is 0.00846. The molecule has 0 saturated heterocycles. The predicted molar refractivity (Wildman–Crippen MR) is 123 cm³/mol. The van der Waals surface area contributed by atoms with Crippen LogP contribution in [0.1, 0.15) is 43.2 Å². The van der Waals surface area contributed by atoms with E-state index in [9.17, 15) is 14.4 Å². The van der Waals surface area contributed by atoms with Crippen molar-refractivity contribution in [3.05, 3.63) is 59.7 Å². The van der Waals surface area contributed by atoms with Gasteiger partial charge in [-0.1, -0.05) is 55.5 Å². The Hall–Kier alpha value is -3.39. The molecule has 4 N–H and O–H groups in total. The number of hydrogen-bond acceptors (Lipinski definition) is 5. The molecule has 0 bridgehead atoms. The number of carbonyl (C=O) groups excluding carboxylic acids is 2. The molecule has 2 aromatic rings. The lowest BCUT2D eigenvalue weighted by Crippen LogP contribution is -2.43. The maximum absolute atomic E-state index is 12.2. The molecule has 0 aliphatic heterocycles. The maximum Gasteiger partial charge on any atom is 0.407 e. The summed E-state index contributed by atoms with van der Waals surface area (Å²) in [4.78, 5) is 34.9. The van der Waals surface area contributed by atoms with Crippen molar-refractivity contribution in [2.45, 2.75) is 38.1 Å². The molecule has 8 heteroatoms. The minimum atomic E-state index is -1.29. The van der Waals surface area contributed by atoms with Crippen molar-refractivity contribution < 1.29 is 29.3 Å². The third kappa shape index (κ3) is 6.32. The van der Waals surface area contributed by atoms with E-state index in [0.29, 0.717) is 19.4 Å². The molecular weight excluding hydrogens is 424 g/mol.